The third kappa shape index (κ3) is 4.88. The molecule has 31 heavy (non-hydrogen) atoms. The van der Waals surface area contributed by atoms with E-state index in [-0.39, 0.29) is 11.4 Å². The average Bonchev–Trinajstić information content (AvgIpc) is 2.92. The molecule has 1 aliphatic heterocycles. The topological polar surface area (TPSA) is 80.2 Å². The molecule has 0 aliphatic carbocycles. The number of carbonyl (C=O) groups excluding carboxylic acids is 1. The zero-order chi connectivity index (χ0) is 21.8. The fourth-order valence-corrected chi connectivity index (χ4v) is 3.78. The summed E-state index contributed by atoms with van der Waals surface area (Å²) < 4.78 is 5.96. The Balaban J connectivity index is 1.72. The first kappa shape index (κ1) is 20.9. The number of hydrogen-bond donors (Lipinski definition) is 1. The van der Waals surface area contributed by atoms with Crippen molar-refractivity contribution >= 4 is 5.91 Å². The molecule has 1 amide bonds. The van der Waals surface area contributed by atoms with Crippen LogP contribution in [0.2, 0.25) is 0 Å². The van der Waals surface area contributed by atoms with Crippen molar-refractivity contribution in [3.63, 3.8) is 0 Å². The van der Waals surface area contributed by atoms with Gasteiger partial charge in [-0.25, -0.2) is 9.97 Å². The summed E-state index contributed by atoms with van der Waals surface area (Å²) in [6.45, 7) is 7.58. The van der Waals surface area contributed by atoms with Gasteiger partial charge in [0.05, 0.1) is 0 Å². The minimum Gasteiger partial charge on any atom is -0.492 e. The first-order chi connectivity index (χ1) is 14.9. The summed E-state index contributed by atoms with van der Waals surface area (Å²) in [7, 11) is 0. The smallest absolute Gasteiger partial charge is 0.242 e. The SMILES string of the molecule is CC(C)(C)NC(=O)C1c2cnccc2OCCN1Cc1ccccc1-c1ncccn1. The summed E-state index contributed by atoms with van der Waals surface area (Å²) in [6.07, 6.45) is 6.89. The van der Waals surface area contributed by atoms with Crippen LogP contribution in [0.15, 0.2) is 61.2 Å². The van der Waals surface area contributed by atoms with E-state index in [1.165, 1.54) is 0 Å². The molecule has 4 rings (SSSR count). The van der Waals surface area contributed by atoms with Gasteiger partial charge >= 0.3 is 0 Å². The minimum atomic E-state index is -0.518. The molecule has 0 bridgehead atoms. The molecule has 0 fully saturated rings. The lowest BCUT2D eigenvalue weighted by atomic mass is 10.0. The summed E-state index contributed by atoms with van der Waals surface area (Å²) in [4.78, 5) is 28.7. The normalized spacial score (nSPS) is 16.7. The minimum absolute atomic E-state index is 0.0688. The van der Waals surface area contributed by atoms with Gasteiger partial charge in [-0.2, -0.15) is 0 Å². The molecule has 2 aromatic heterocycles. The van der Waals surface area contributed by atoms with Crippen LogP contribution in [0, 0.1) is 0 Å². The molecule has 3 heterocycles. The average molecular weight is 418 g/mol. The molecule has 160 valence electrons. The summed E-state index contributed by atoms with van der Waals surface area (Å²) in [6, 6.07) is 11.1. The molecule has 0 saturated heterocycles. The highest BCUT2D eigenvalue weighted by atomic mass is 16.5. The fourth-order valence-electron chi connectivity index (χ4n) is 3.78. The Morgan fingerprint density at radius 2 is 1.90 bits per heavy atom. The Hall–Kier alpha value is -3.32. The molecule has 1 N–H and O–H groups in total. The van der Waals surface area contributed by atoms with Crippen LogP contribution < -0.4 is 10.1 Å². The standard InChI is InChI=1S/C24H27N5O2/c1-24(2,3)28-23(30)21-19-15-25-12-9-20(19)31-14-13-29(21)16-17-7-4-5-8-18(17)22-26-10-6-11-27-22/h4-12,15,21H,13-14,16H2,1-3H3,(H,28,30). The molecule has 0 saturated carbocycles. The Morgan fingerprint density at radius 1 is 1.13 bits per heavy atom. The Labute approximate surface area is 182 Å². The second-order valence-corrected chi connectivity index (χ2v) is 8.60. The fraction of sp³-hybridized carbons (Fsp3) is 0.333. The van der Waals surface area contributed by atoms with Crippen LogP contribution in [0.5, 0.6) is 5.75 Å². The van der Waals surface area contributed by atoms with Crippen LogP contribution in [-0.2, 0) is 11.3 Å². The molecule has 0 spiro atoms. The van der Waals surface area contributed by atoms with E-state index < -0.39 is 6.04 Å². The number of amides is 1. The van der Waals surface area contributed by atoms with Gasteiger partial charge in [0.2, 0.25) is 5.91 Å². The van der Waals surface area contributed by atoms with Crippen molar-refractivity contribution in [2.45, 2.75) is 38.9 Å². The number of hydrogen-bond acceptors (Lipinski definition) is 6. The van der Waals surface area contributed by atoms with Crippen LogP contribution in [0.25, 0.3) is 11.4 Å². The van der Waals surface area contributed by atoms with Crippen LogP contribution >= 0.6 is 0 Å². The summed E-state index contributed by atoms with van der Waals surface area (Å²) in [5.41, 5.74) is 2.42. The van der Waals surface area contributed by atoms with E-state index >= 15 is 0 Å². The monoisotopic (exact) mass is 417 g/mol. The quantitative estimate of drug-likeness (QED) is 0.701. The van der Waals surface area contributed by atoms with Crippen molar-refractivity contribution in [1.29, 1.82) is 0 Å². The first-order valence-corrected chi connectivity index (χ1v) is 10.4. The molecule has 1 unspecified atom stereocenters. The summed E-state index contributed by atoms with van der Waals surface area (Å²) in [5.74, 6) is 1.30. The zero-order valence-electron chi connectivity index (χ0n) is 18.1. The van der Waals surface area contributed by atoms with E-state index in [0.29, 0.717) is 31.3 Å². The molecule has 1 aliphatic rings. The number of rotatable bonds is 4. The van der Waals surface area contributed by atoms with Crippen LogP contribution in [0.1, 0.15) is 37.9 Å². The van der Waals surface area contributed by atoms with E-state index in [2.05, 4.69) is 31.2 Å². The molecular weight excluding hydrogens is 390 g/mol. The number of aromatic nitrogens is 3. The highest BCUT2D eigenvalue weighted by Crippen LogP contribution is 2.34. The third-order valence-corrected chi connectivity index (χ3v) is 5.05. The second-order valence-electron chi connectivity index (χ2n) is 8.60. The van der Waals surface area contributed by atoms with E-state index in [9.17, 15) is 4.79 Å². The number of nitrogens with zero attached hydrogens (tertiary/aromatic N) is 4. The maximum Gasteiger partial charge on any atom is 0.242 e. The zero-order valence-corrected chi connectivity index (χ0v) is 18.1. The van der Waals surface area contributed by atoms with E-state index in [0.717, 1.165) is 16.7 Å². The van der Waals surface area contributed by atoms with Gasteiger partial charge in [0.25, 0.3) is 0 Å². The lowest BCUT2D eigenvalue weighted by Crippen LogP contribution is -2.47. The molecule has 1 atom stereocenters. The second kappa shape index (κ2) is 8.81. The third-order valence-electron chi connectivity index (χ3n) is 5.05. The van der Waals surface area contributed by atoms with Gasteiger partial charge in [-0.3, -0.25) is 14.7 Å². The van der Waals surface area contributed by atoms with Crippen LogP contribution in [0.4, 0.5) is 0 Å². The molecule has 7 nitrogen and oxygen atoms in total. The predicted molar refractivity (Wildman–Crippen MR) is 118 cm³/mol. The van der Waals surface area contributed by atoms with Crippen molar-refractivity contribution in [3.8, 4) is 17.1 Å². The van der Waals surface area contributed by atoms with Gasteiger partial charge in [0, 0.05) is 54.5 Å². The van der Waals surface area contributed by atoms with Crippen molar-refractivity contribution < 1.29 is 9.53 Å². The van der Waals surface area contributed by atoms with Gasteiger partial charge in [0.1, 0.15) is 18.4 Å². The number of nitrogens with one attached hydrogen (secondary N) is 1. The Bertz CT molecular complexity index is 1050. The van der Waals surface area contributed by atoms with Crippen molar-refractivity contribution in [2.24, 2.45) is 0 Å². The lowest BCUT2D eigenvalue weighted by Gasteiger charge is -2.32. The van der Waals surface area contributed by atoms with Gasteiger partial charge < -0.3 is 10.1 Å². The number of carbonyl (C=O) groups is 1. The van der Waals surface area contributed by atoms with Crippen LogP contribution in [0.3, 0.4) is 0 Å². The summed E-state index contributed by atoms with van der Waals surface area (Å²) >= 11 is 0. The van der Waals surface area contributed by atoms with Gasteiger partial charge in [-0.15, -0.1) is 0 Å². The molecular formula is C24H27N5O2. The number of benzene rings is 1. The van der Waals surface area contributed by atoms with E-state index in [1.807, 2.05) is 45.0 Å². The van der Waals surface area contributed by atoms with Crippen molar-refractivity contribution in [2.75, 3.05) is 13.2 Å². The highest BCUT2D eigenvalue weighted by molar-refractivity contribution is 5.84. The predicted octanol–water partition coefficient (Wildman–Crippen LogP) is 3.39. The number of ether oxygens (including phenoxy) is 1. The molecule has 1 aromatic carbocycles. The Kier molecular flexibility index (Phi) is 5.95. The van der Waals surface area contributed by atoms with E-state index in [1.54, 1.807) is 30.9 Å². The van der Waals surface area contributed by atoms with Gasteiger partial charge in [-0.05, 0) is 38.5 Å². The lowest BCUT2D eigenvalue weighted by molar-refractivity contribution is -0.128. The maximum absolute atomic E-state index is 13.4. The van der Waals surface area contributed by atoms with Gasteiger partial charge in [-0.1, -0.05) is 24.3 Å². The molecule has 0 radical (unpaired) electrons. The largest absolute Gasteiger partial charge is 0.492 e. The number of pyridine rings is 1. The maximum atomic E-state index is 13.4. The Morgan fingerprint density at radius 3 is 2.68 bits per heavy atom. The van der Waals surface area contributed by atoms with E-state index in [4.69, 9.17) is 4.74 Å². The van der Waals surface area contributed by atoms with Crippen molar-refractivity contribution in [3.05, 3.63) is 72.3 Å². The number of fused-ring (bicyclic) bond motifs is 1. The molecule has 3 aromatic rings. The van der Waals surface area contributed by atoms with Crippen molar-refractivity contribution in [1.82, 2.24) is 25.2 Å². The summed E-state index contributed by atoms with van der Waals surface area (Å²) in [5, 5.41) is 3.13. The first-order valence-electron chi connectivity index (χ1n) is 10.4. The van der Waals surface area contributed by atoms with Gasteiger partial charge in [0.15, 0.2) is 5.82 Å². The highest BCUT2D eigenvalue weighted by Gasteiger charge is 2.34. The van der Waals surface area contributed by atoms with Crippen LogP contribution in [-0.4, -0.2) is 44.4 Å². The molecule has 7 heteroatoms.